The summed E-state index contributed by atoms with van der Waals surface area (Å²) in [4.78, 5) is 15.9. The van der Waals surface area contributed by atoms with Gasteiger partial charge >= 0.3 is 0 Å². The van der Waals surface area contributed by atoms with Crippen molar-refractivity contribution in [2.75, 3.05) is 19.6 Å². The first-order chi connectivity index (χ1) is 75.9. The molecule has 124 heavy (non-hydrogen) atoms. The van der Waals surface area contributed by atoms with E-state index in [1.54, 1.807) is 145 Å². The molecular weight excluding hydrogens is 1870 g/mol. The number of para-hydroxylation sites is 6. The van der Waals surface area contributed by atoms with E-state index in [0.717, 1.165) is 5.56 Å². The van der Waals surface area contributed by atoms with Gasteiger partial charge in [-0.3, -0.25) is 0 Å². The van der Waals surface area contributed by atoms with Crippen molar-refractivity contribution in [2.24, 2.45) is 0 Å². The first kappa shape index (κ1) is 47.4. The Morgan fingerprint density at radius 1 is 0.298 bits per heavy atom. The molecule has 0 radical (unpaired) electrons. The average molecular weight is 1990 g/mol. The van der Waals surface area contributed by atoms with Gasteiger partial charge in [0.2, 0.25) is 0 Å². The number of hydrogen-bond acceptors (Lipinski definition) is 6. The van der Waals surface area contributed by atoms with Crippen LogP contribution in [0.5, 0.6) is 0 Å². The second kappa shape index (κ2) is 34.5. The largest absolute Gasteiger partial charge is 0.493 e. The van der Waals surface area contributed by atoms with E-state index in [4.69, 9.17) is 46.1 Å². The van der Waals surface area contributed by atoms with Gasteiger partial charge in [0.1, 0.15) is 11.6 Å². The molecule has 6 heterocycles. The number of nitrogens with zero attached hydrogens (tertiary/aromatic N) is 8. The Morgan fingerprint density at radius 2 is 0.645 bits per heavy atom. The number of hydrogen-bond donors (Lipinski definition) is 0. The van der Waals surface area contributed by atoms with Crippen molar-refractivity contribution in [3.05, 3.63) is 471 Å². The molecule has 10 heteroatoms. The topological polar surface area (TPSA) is 48.6 Å². The normalized spacial score (nSPS) is 16.6. The van der Waals surface area contributed by atoms with E-state index < -0.39 is 204 Å². The van der Waals surface area contributed by atoms with Crippen molar-refractivity contribution < 1.29 is 94.2 Å². The zero-order chi connectivity index (χ0) is 115. The van der Waals surface area contributed by atoms with Crippen molar-refractivity contribution in [3.63, 3.8) is 0 Å². The maximum Gasteiger partial charge on any atom is 0.135 e. The number of rotatable bonds is 16. The van der Waals surface area contributed by atoms with Crippen molar-refractivity contribution in [1.82, 2.24) is 19.1 Å². The van der Waals surface area contributed by atoms with Gasteiger partial charge in [-0.15, -0.1) is 35.5 Å². The molecule has 0 saturated heterocycles. The third-order valence-electron chi connectivity index (χ3n) is 21.0. The van der Waals surface area contributed by atoms with Gasteiger partial charge in [0.15, 0.2) is 0 Å². The Kier molecular flexibility index (Phi) is 13.2. The number of pyridine rings is 2. The van der Waals surface area contributed by atoms with Crippen LogP contribution in [0.15, 0.2) is 406 Å². The zero-order valence-electron chi connectivity index (χ0n) is 104. The molecule has 604 valence electrons. The summed E-state index contributed by atoms with van der Waals surface area (Å²) in [5, 5.41) is 1.72. The summed E-state index contributed by atoms with van der Waals surface area (Å²) in [5.74, 6) is 0.867. The van der Waals surface area contributed by atoms with Crippen molar-refractivity contribution in [3.8, 4) is 78.4 Å². The molecule has 2 aliphatic rings. The monoisotopic (exact) mass is 1990 g/mol. The number of aromatic nitrogens is 4. The molecule has 0 unspecified atom stereocenters. The van der Waals surface area contributed by atoms with Gasteiger partial charge in [-0.05, 0) is 164 Å². The molecule has 0 N–H and O–H groups in total. The zero-order valence-corrected chi connectivity index (χ0v) is 70.1. The summed E-state index contributed by atoms with van der Waals surface area (Å²) >= 11 is 0. The van der Waals surface area contributed by atoms with Crippen LogP contribution in [0.3, 0.4) is 0 Å². The first-order valence-corrected chi connectivity index (χ1v) is 38.6. The molecule has 22 rings (SSSR count). The minimum Gasteiger partial charge on any atom is -0.493 e. The predicted molar refractivity (Wildman–Crippen MR) is 505 cm³/mol. The van der Waals surface area contributed by atoms with Crippen molar-refractivity contribution >= 4 is 89.1 Å². The van der Waals surface area contributed by atoms with E-state index >= 15 is 0 Å². The predicted octanol–water partition coefficient (Wildman–Crippen LogP) is 28.9. The Hall–Kier alpha value is -14.0. The molecule has 0 aliphatic carbocycles. The minimum atomic E-state index is -0.728. The number of anilines is 8. The van der Waals surface area contributed by atoms with E-state index in [9.17, 15) is 11.0 Å². The van der Waals surface area contributed by atoms with Crippen LogP contribution in [0.4, 0.5) is 45.5 Å². The SMILES string of the molecule is [2H]c1c([2H])c([2H])c(-c2cc(-c3c([2H])c([2H])c([2H])c([2H])c3[2H])c(N3[CH-]N(c4[c-]c(Cc5[c-]c6c(cc5)c5c([2H])c([2H])c([2H])c([2H])c5n6-c5cc(C(C)(C)C)ccn5)ccc4)c4ccccc43)c(-c3c([2H])c([2H])c([2H])c([2H])c3[2H])c2)c([2H])c1[2H].[2H]c1c([2H])c([2H])c(-c2cc(-c3c([2H])c([2H])c([2H])c([2H])c3[2H])c(N3[CH-]N(c4[c-]c(Cc5[c-]c6c(cc5)c5c([2H])c([2H])c([2H])c([2H])c5n6-c5ccccn5)ccc4)c4ccccc43)c(-c3c([2H])c([2H])c([2H])c([2H])c3[2H])c2)c([2H])c1[2H].[Pt].[Pt]. The van der Waals surface area contributed by atoms with Gasteiger partial charge in [-0.2, -0.15) is 107 Å². The fourth-order valence-electron chi connectivity index (χ4n) is 15.6. The van der Waals surface area contributed by atoms with Crippen LogP contribution in [-0.2, 0) is 60.4 Å². The molecule has 0 fully saturated rings. The fourth-order valence-corrected chi connectivity index (χ4v) is 15.6. The minimum absolute atomic E-state index is 0. The summed E-state index contributed by atoms with van der Waals surface area (Å²) in [6.07, 6.45) is 3.75. The summed E-state index contributed by atoms with van der Waals surface area (Å²) < 4.78 is 339. The van der Waals surface area contributed by atoms with Crippen LogP contribution in [0, 0.1) is 37.6 Å². The van der Waals surface area contributed by atoms with Crippen LogP contribution >= 0.6 is 0 Å². The van der Waals surface area contributed by atoms with E-state index in [0.29, 0.717) is 101 Å². The molecule has 8 nitrogen and oxygen atoms in total. The smallest absolute Gasteiger partial charge is 0.135 e. The second-order valence-corrected chi connectivity index (χ2v) is 29.5. The quantitative estimate of drug-likeness (QED) is 0.0899. The molecule has 0 amide bonds. The molecular formula is C114H82N8Pt2-6. The number of benzene rings is 16. The van der Waals surface area contributed by atoms with Gasteiger partial charge in [0.25, 0.3) is 0 Å². The third-order valence-corrected chi connectivity index (χ3v) is 21.0. The van der Waals surface area contributed by atoms with Crippen molar-refractivity contribution in [1.29, 1.82) is 0 Å². The van der Waals surface area contributed by atoms with Crippen LogP contribution in [0.25, 0.3) is 122 Å². The molecule has 4 aromatic heterocycles. The Morgan fingerprint density at radius 3 is 1.03 bits per heavy atom. The molecule has 20 aromatic rings. The summed E-state index contributed by atoms with van der Waals surface area (Å²) in [5.41, 5.74) is 4.17. The van der Waals surface area contributed by atoms with Crippen LogP contribution in [-0.4, -0.2) is 19.1 Å². The molecule has 2 aliphatic heterocycles. The Balaban J connectivity index is 0.000000198. The summed E-state index contributed by atoms with van der Waals surface area (Å²) in [6, 6.07) is 37.1. The van der Waals surface area contributed by atoms with Crippen LogP contribution in [0.2, 0.25) is 0 Å². The Labute approximate surface area is 806 Å². The third kappa shape index (κ3) is 15.3. The van der Waals surface area contributed by atoms with Gasteiger partial charge in [0, 0.05) is 122 Å². The summed E-state index contributed by atoms with van der Waals surface area (Å²) in [7, 11) is 0. The molecule has 0 spiro atoms. The average Bonchev–Trinajstić information content (AvgIpc) is 1.28. The van der Waals surface area contributed by atoms with Crippen LogP contribution in [0.1, 0.15) is 101 Å². The molecule has 0 saturated carbocycles. The van der Waals surface area contributed by atoms with E-state index in [1.165, 1.54) is 24.3 Å². The maximum absolute atomic E-state index is 9.31. The molecule has 0 atom stereocenters. The fraction of sp³-hybridized carbons (Fsp3) is 0.0526. The van der Waals surface area contributed by atoms with E-state index in [-0.39, 0.29) is 176 Å². The van der Waals surface area contributed by atoms with Gasteiger partial charge in [-0.1, -0.05) is 280 Å². The number of fused-ring (bicyclic) bond motifs is 8. The van der Waals surface area contributed by atoms with Crippen molar-refractivity contribution in [2.45, 2.75) is 39.0 Å². The van der Waals surface area contributed by atoms with E-state index in [1.807, 2.05) is 48.5 Å². The van der Waals surface area contributed by atoms with Gasteiger partial charge in [0.05, 0.1) is 52.1 Å². The van der Waals surface area contributed by atoms with E-state index in [2.05, 4.69) is 50.0 Å². The molecule has 16 aromatic carbocycles. The van der Waals surface area contributed by atoms with Gasteiger partial charge in [-0.25, -0.2) is 9.97 Å². The standard InChI is InChI=1S/C59H45N4.C55H37N4.2Pt/c1-59(2,3)47-32-33-60-57(39-47)63-53-27-14-13-26-49(53)50-31-30-42(36-56(50)63)34-41-18-17-25-48(35-41)61-40-62(55-29-16-15-28-54(55)61)58-51(44-21-9-5-10-22-44)37-46(43-19-7-4-8-20-43)38-52(58)45-23-11-6-12-24-45;1-4-18-41(19-5-1)44-36-48(42-20-6-2-7-21-42)55(49(37-44)43-22-8-3-9-23-43)58-38-57(51-27-12-13-28-52(51)58)45-24-16-17-39(34-45)33-40-30-31-47-46-25-10-11-26-50(46)59(53(47)35-40)54-29-14-15-32-56-54;;/h4-33,37-40H,34H2,1-3H3;1-32,36-38H,33H2;;/q2*-3;;/i4D,5D,6D,7D,8D,9D,10D,11D,12D,13D,14D,19D,20D,21D,22D,23D,24D,26D,27D;1D,2D,3D,4D,5D,6D,7D,8D,9D,10D,11D,18D,19D,20D,21D,22D,23D,25D,26D;;. The van der Waals surface area contributed by atoms with Crippen LogP contribution < -0.4 is 19.6 Å². The van der Waals surface area contributed by atoms with Gasteiger partial charge < -0.3 is 28.7 Å². The first-order valence-electron chi connectivity index (χ1n) is 57.6. The Bertz CT molecular complexity index is 9410. The molecule has 0 bridgehead atoms. The maximum atomic E-state index is 9.31. The second-order valence-electron chi connectivity index (χ2n) is 29.5. The summed E-state index contributed by atoms with van der Waals surface area (Å²) in [6.45, 7) is 9.41.